The van der Waals surface area contributed by atoms with Crippen molar-refractivity contribution < 1.29 is 14.6 Å². The van der Waals surface area contributed by atoms with Gasteiger partial charge in [0, 0.05) is 12.2 Å². The zero-order chi connectivity index (χ0) is 13.4. The zero-order valence-electron chi connectivity index (χ0n) is 10.6. The first kappa shape index (κ1) is 14.3. The van der Waals surface area contributed by atoms with Gasteiger partial charge in [0.15, 0.2) is 0 Å². The molecule has 0 spiro atoms. The van der Waals surface area contributed by atoms with Crippen LogP contribution in [-0.2, 0) is 4.74 Å². The molecule has 0 aliphatic carbocycles. The molecular weight excluding hydrogens is 230 g/mol. The summed E-state index contributed by atoms with van der Waals surface area (Å²) in [4.78, 5) is 10.8. The Morgan fingerprint density at radius 2 is 2.28 bits per heavy atom. The second-order valence-corrected chi connectivity index (χ2v) is 3.95. The minimum Gasteiger partial charge on any atom is -0.478 e. The van der Waals surface area contributed by atoms with E-state index in [2.05, 4.69) is 11.9 Å². The van der Waals surface area contributed by atoms with Crippen LogP contribution in [0.2, 0.25) is 0 Å². The first-order valence-electron chi connectivity index (χ1n) is 5.91. The predicted molar refractivity (Wildman–Crippen MR) is 72.3 cm³/mol. The van der Waals surface area contributed by atoms with Crippen LogP contribution in [0.15, 0.2) is 30.9 Å². The summed E-state index contributed by atoms with van der Waals surface area (Å²) in [6, 6.07) is 5.03. The van der Waals surface area contributed by atoms with Crippen LogP contribution in [0.5, 0.6) is 0 Å². The van der Waals surface area contributed by atoms with Gasteiger partial charge in [0.1, 0.15) is 0 Å². The number of carbonyl (C=O) groups is 1. The second kappa shape index (κ2) is 7.50. The molecule has 0 amide bonds. The lowest BCUT2D eigenvalue weighted by molar-refractivity contribution is 0.0697. The zero-order valence-corrected chi connectivity index (χ0v) is 10.6. The van der Waals surface area contributed by atoms with E-state index in [1.54, 1.807) is 18.2 Å². The molecule has 0 unspecified atom stereocenters. The minimum absolute atomic E-state index is 0.306. The summed E-state index contributed by atoms with van der Waals surface area (Å²) in [6.07, 6.45) is 2.68. The lowest BCUT2D eigenvalue weighted by Crippen LogP contribution is -2.11. The van der Waals surface area contributed by atoms with E-state index in [0.717, 1.165) is 17.7 Å². The third-order valence-corrected chi connectivity index (χ3v) is 2.50. The molecule has 0 fully saturated rings. The smallest absolute Gasteiger partial charge is 0.335 e. The van der Waals surface area contributed by atoms with Crippen LogP contribution >= 0.6 is 0 Å². The minimum atomic E-state index is -0.905. The average molecular weight is 249 g/mol. The van der Waals surface area contributed by atoms with Crippen molar-refractivity contribution in [3.63, 3.8) is 0 Å². The van der Waals surface area contributed by atoms with E-state index >= 15 is 0 Å². The van der Waals surface area contributed by atoms with Gasteiger partial charge in [-0.05, 0) is 37.1 Å². The quantitative estimate of drug-likeness (QED) is 0.549. The lowest BCUT2D eigenvalue weighted by Gasteiger charge is -2.10. The van der Waals surface area contributed by atoms with Gasteiger partial charge in [-0.1, -0.05) is 6.08 Å². The topological polar surface area (TPSA) is 58.6 Å². The molecular formula is C14H19NO3. The third kappa shape index (κ3) is 4.59. The fourth-order valence-corrected chi connectivity index (χ4v) is 1.52. The van der Waals surface area contributed by atoms with Crippen molar-refractivity contribution in [3.8, 4) is 0 Å². The predicted octanol–water partition coefficient (Wildman–Crippen LogP) is 2.70. The molecule has 18 heavy (non-hydrogen) atoms. The summed E-state index contributed by atoms with van der Waals surface area (Å²) in [5, 5.41) is 12.1. The van der Waals surface area contributed by atoms with Crippen LogP contribution in [0.25, 0.3) is 0 Å². The normalized spacial score (nSPS) is 10.1. The van der Waals surface area contributed by atoms with E-state index in [0.29, 0.717) is 25.3 Å². The van der Waals surface area contributed by atoms with Gasteiger partial charge in [-0.3, -0.25) is 0 Å². The van der Waals surface area contributed by atoms with Gasteiger partial charge in [0.25, 0.3) is 0 Å². The maximum absolute atomic E-state index is 10.8. The number of ether oxygens (including phenoxy) is 1. The number of nitrogens with one attached hydrogen (secondary N) is 1. The molecule has 0 aliphatic rings. The summed E-state index contributed by atoms with van der Waals surface area (Å²) in [6.45, 7) is 7.50. The Morgan fingerprint density at radius 3 is 2.89 bits per heavy atom. The van der Waals surface area contributed by atoms with E-state index in [1.165, 1.54) is 0 Å². The summed E-state index contributed by atoms with van der Waals surface area (Å²) < 4.78 is 5.37. The average Bonchev–Trinajstić information content (AvgIpc) is 2.35. The number of anilines is 1. The fourth-order valence-electron chi connectivity index (χ4n) is 1.52. The molecule has 1 aromatic carbocycles. The standard InChI is InChI=1S/C14H19NO3/c1-3-4-8-18-9-7-15-13-6-5-12(14(16)17)10-11(13)2/h3,5-6,10,15H,1,4,7-9H2,2H3,(H,16,17). The molecule has 0 bridgehead atoms. The molecule has 0 aromatic heterocycles. The van der Waals surface area contributed by atoms with Crippen LogP contribution < -0.4 is 5.32 Å². The summed E-state index contributed by atoms with van der Waals surface area (Å²) >= 11 is 0. The van der Waals surface area contributed by atoms with E-state index in [1.807, 2.05) is 13.0 Å². The van der Waals surface area contributed by atoms with Crippen LogP contribution in [0.4, 0.5) is 5.69 Å². The lowest BCUT2D eigenvalue weighted by atomic mass is 10.1. The molecule has 1 aromatic rings. The van der Waals surface area contributed by atoms with E-state index in [-0.39, 0.29) is 0 Å². The van der Waals surface area contributed by atoms with Gasteiger partial charge in [0.05, 0.1) is 18.8 Å². The summed E-state index contributed by atoms with van der Waals surface area (Å²) in [5.74, 6) is -0.905. The highest BCUT2D eigenvalue weighted by molar-refractivity contribution is 5.88. The Balaban J connectivity index is 2.38. The van der Waals surface area contributed by atoms with Crippen LogP contribution in [0.1, 0.15) is 22.3 Å². The van der Waals surface area contributed by atoms with Crippen molar-refractivity contribution in [1.82, 2.24) is 0 Å². The highest BCUT2D eigenvalue weighted by Gasteiger charge is 2.04. The van der Waals surface area contributed by atoms with Gasteiger partial charge in [-0.15, -0.1) is 6.58 Å². The van der Waals surface area contributed by atoms with Crippen molar-refractivity contribution in [2.45, 2.75) is 13.3 Å². The van der Waals surface area contributed by atoms with Gasteiger partial charge in [0.2, 0.25) is 0 Å². The second-order valence-electron chi connectivity index (χ2n) is 3.95. The number of rotatable bonds is 8. The van der Waals surface area contributed by atoms with Crippen molar-refractivity contribution in [2.75, 3.05) is 25.1 Å². The maximum atomic E-state index is 10.8. The number of carboxylic acids is 1. The molecule has 4 heteroatoms. The van der Waals surface area contributed by atoms with Crippen LogP contribution in [0, 0.1) is 6.92 Å². The number of benzene rings is 1. The highest BCUT2D eigenvalue weighted by atomic mass is 16.5. The molecule has 98 valence electrons. The van der Waals surface area contributed by atoms with Crippen molar-refractivity contribution >= 4 is 11.7 Å². The van der Waals surface area contributed by atoms with E-state index in [4.69, 9.17) is 9.84 Å². The van der Waals surface area contributed by atoms with Crippen molar-refractivity contribution in [2.24, 2.45) is 0 Å². The molecule has 1 rings (SSSR count). The molecule has 0 saturated carbocycles. The maximum Gasteiger partial charge on any atom is 0.335 e. The molecule has 0 heterocycles. The first-order valence-corrected chi connectivity index (χ1v) is 5.91. The Kier molecular flexibility index (Phi) is 5.94. The Morgan fingerprint density at radius 1 is 1.50 bits per heavy atom. The number of hydrogen-bond donors (Lipinski definition) is 2. The molecule has 0 saturated heterocycles. The van der Waals surface area contributed by atoms with Crippen LogP contribution in [-0.4, -0.2) is 30.8 Å². The third-order valence-electron chi connectivity index (χ3n) is 2.50. The molecule has 2 N–H and O–H groups in total. The molecule has 4 nitrogen and oxygen atoms in total. The van der Waals surface area contributed by atoms with Crippen LogP contribution in [0.3, 0.4) is 0 Å². The Labute approximate surface area is 107 Å². The monoisotopic (exact) mass is 249 g/mol. The van der Waals surface area contributed by atoms with Gasteiger partial charge >= 0.3 is 5.97 Å². The number of hydrogen-bond acceptors (Lipinski definition) is 3. The molecule has 0 aliphatic heterocycles. The Hall–Kier alpha value is -1.81. The molecule has 0 radical (unpaired) electrons. The van der Waals surface area contributed by atoms with Crippen molar-refractivity contribution in [1.29, 1.82) is 0 Å². The summed E-state index contributed by atoms with van der Waals surface area (Å²) in [7, 11) is 0. The number of carboxylic acid groups (broad SMARTS) is 1. The summed E-state index contributed by atoms with van der Waals surface area (Å²) in [5.41, 5.74) is 2.16. The van der Waals surface area contributed by atoms with Gasteiger partial charge in [-0.25, -0.2) is 4.79 Å². The van der Waals surface area contributed by atoms with E-state index < -0.39 is 5.97 Å². The largest absolute Gasteiger partial charge is 0.478 e. The number of aryl methyl sites for hydroxylation is 1. The molecule has 0 atom stereocenters. The highest BCUT2D eigenvalue weighted by Crippen LogP contribution is 2.16. The fraction of sp³-hybridized carbons (Fsp3) is 0.357. The first-order chi connectivity index (χ1) is 8.65. The Bertz CT molecular complexity index is 416. The SMILES string of the molecule is C=CCCOCCNc1ccc(C(=O)O)cc1C. The van der Waals surface area contributed by atoms with E-state index in [9.17, 15) is 4.79 Å². The van der Waals surface area contributed by atoms with Crippen molar-refractivity contribution in [3.05, 3.63) is 42.0 Å². The van der Waals surface area contributed by atoms with Gasteiger partial charge in [-0.2, -0.15) is 0 Å². The number of aromatic carboxylic acids is 1. The van der Waals surface area contributed by atoms with Gasteiger partial charge < -0.3 is 15.2 Å².